The van der Waals surface area contributed by atoms with Gasteiger partial charge in [-0.25, -0.2) is 4.98 Å². The number of para-hydroxylation sites is 2. The summed E-state index contributed by atoms with van der Waals surface area (Å²) in [6.45, 7) is 3.83. The van der Waals surface area contributed by atoms with E-state index in [9.17, 15) is 9.59 Å². The highest BCUT2D eigenvalue weighted by atomic mass is 32.2. The first-order valence-electron chi connectivity index (χ1n) is 8.35. The van der Waals surface area contributed by atoms with Crippen LogP contribution in [0, 0.1) is 5.92 Å². The van der Waals surface area contributed by atoms with Crippen molar-refractivity contribution in [2.75, 3.05) is 5.75 Å². The van der Waals surface area contributed by atoms with E-state index >= 15 is 0 Å². The topological polar surface area (TPSA) is 72.1 Å². The molecule has 1 aromatic heterocycles. The molecule has 0 radical (unpaired) electrons. The third-order valence-corrected chi connectivity index (χ3v) is 5.37. The maximum Gasteiger partial charge on any atom is 0.310 e. The van der Waals surface area contributed by atoms with E-state index in [-0.39, 0.29) is 23.4 Å². The number of esters is 1. The molecule has 0 aliphatic carbocycles. The lowest BCUT2D eigenvalue weighted by Crippen LogP contribution is -2.36. The normalized spacial score (nSPS) is 23.6. The van der Waals surface area contributed by atoms with Gasteiger partial charge in [0.1, 0.15) is 0 Å². The maximum atomic E-state index is 12.6. The minimum absolute atomic E-state index is 0.0553. The molecule has 3 rings (SSSR count). The number of hydrogen-bond donors (Lipinski definition) is 1. The predicted molar refractivity (Wildman–Crippen MR) is 94.0 cm³/mol. The fourth-order valence-electron chi connectivity index (χ4n) is 3.03. The Labute approximate surface area is 145 Å². The Hall–Kier alpha value is -1.82. The van der Waals surface area contributed by atoms with Gasteiger partial charge in [0.05, 0.1) is 22.7 Å². The van der Waals surface area contributed by atoms with Crippen molar-refractivity contribution < 1.29 is 14.3 Å². The van der Waals surface area contributed by atoms with Crippen LogP contribution in [-0.2, 0) is 14.3 Å². The number of Topliss-reactive ketones (excluding diaryl/α,β-unsaturated/α-hetero) is 1. The number of benzene rings is 1. The number of hydrogen-bond acceptors (Lipinski definition) is 5. The number of ether oxygens (including phenoxy) is 1. The summed E-state index contributed by atoms with van der Waals surface area (Å²) in [6, 6.07) is 7.75. The number of carbonyl (C=O) groups excluding carboxylic acids is 2. The van der Waals surface area contributed by atoms with Crippen LogP contribution < -0.4 is 0 Å². The number of rotatable bonds is 7. The van der Waals surface area contributed by atoms with Gasteiger partial charge < -0.3 is 9.72 Å². The number of cyclic esters (lactones) is 1. The van der Waals surface area contributed by atoms with Crippen molar-refractivity contribution in [3.05, 3.63) is 24.3 Å². The minimum atomic E-state index is -0.992. The van der Waals surface area contributed by atoms with E-state index in [0.717, 1.165) is 30.3 Å². The molecule has 2 atom stereocenters. The molecule has 0 unspecified atom stereocenters. The summed E-state index contributed by atoms with van der Waals surface area (Å²) >= 11 is 1.35. The second-order valence-electron chi connectivity index (χ2n) is 6.47. The Morgan fingerprint density at radius 3 is 3.00 bits per heavy atom. The van der Waals surface area contributed by atoms with Gasteiger partial charge in [0.15, 0.2) is 16.5 Å². The molecule has 2 heterocycles. The van der Waals surface area contributed by atoms with Crippen LogP contribution in [0.15, 0.2) is 29.4 Å². The molecule has 0 amide bonds. The van der Waals surface area contributed by atoms with Crippen molar-refractivity contribution in [3.8, 4) is 0 Å². The standard InChI is InChI=1S/C18H22N2O3S/c1-3-4-7-12-10-18(2,23-16(12)22)15(21)11-24-17-19-13-8-5-6-9-14(13)20-17/h5-6,8-9,12H,3-4,7,10-11H2,1-2H3,(H,19,20)/t12-,18-/m0/s1. The molecule has 24 heavy (non-hydrogen) atoms. The first-order valence-corrected chi connectivity index (χ1v) is 9.34. The number of H-pyrrole nitrogens is 1. The molecule has 1 saturated heterocycles. The number of ketones is 1. The fourth-order valence-corrected chi connectivity index (χ4v) is 3.94. The number of aromatic amines is 1. The number of fused-ring (bicyclic) bond motifs is 1. The van der Waals surface area contributed by atoms with Crippen LogP contribution in [0.2, 0.25) is 0 Å². The third kappa shape index (κ3) is 3.48. The average Bonchev–Trinajstić information content (AvgIpc) is 3.11. The van der Waals surface area contributed by atoms with Gasteiger partial charge in [0, 0.05) is 6.42 Å². The molecule has 0 spiro atoms. The Kier molecular flexibility index (Phi) is 4.94. The number of nitrogens with one attached hydrogen (secondary N) is 1. The predicted octanol–water partition coefficient (Wildman–Crippen LogP) is 3.74. The Morgan fingerprint density at radius 1 is 1.46 bits per heavy atom. The third-order valence-electron chi connectivity index (χ3n) is 4.50. The number of nitrogens with zero attached hydrogens (tertiary/aromatic N) is 1. The van der Waals surface area contributed by atoms with Crippen LogP contribution in [0.25, 0.3) is 11.0 Å². The van der Waals surface area contributed by atoms with E-state index in [1.54, 1.807) is 6.92 Å². The summed E-state index contributed by atoms with van der Waals surface area (Å²) < 4.78 is 5.44. The lowest BCUT2D eigenvalue weighted by Gasteiger charge is -2.20. The molecule has 1 fully saturated rings. The van der Waals surface area contributed by atoms with E-state index in [1.165, 1.54) is 11.8 Å². The molecule has 1 aliphatic heterocycles. The van der Waals surface area contributed by atoms with Crippen LogP contribution in [-0.4, -0.2) is 33.1 Å². The lowest BCUT2D eigenvalue weighted by molar-refractivity contribution is -0.156. The molecular formula is C18H22N2O3S. The molecule has 2 aromatic rings. The molecule has 0 saturated carbocycles. The zero-order chi connectivity index (χ0) is 17.2. The van der Waals surface area contributed by atoms with Crippen molar-refractivity contribution in [1.82, 2.24) is 9.97 Å². The molecule has 1 aromatic carbocycles. The molecular weight excluding hydrogens is 324 g/mol. The minimum Gasteiger partial charge on any atom is -0.451 e. The van der Waals surface area contributed by atoms with Crippen LogP contribution in [0.4, 0.5) is 0 Å². The quantitative estimate of drug-likeness (QED) is 0.611. The van der Waals surface area contributed by atoms with Gasteiger partial charge in [-0.1, -0.05) is 43.7 Å². The average molecular weight is 346 g/mol. The summed E-state index contributed by atoms with van der Waals surface area (Å²) in [5.41, 5.74) is 0.838. The van der Waals surface area contributed by atoms with Gasteiger partial charge in [0.25, 0.3) is 0 Å². The van der Waals surface area contributed by atoms with Crippen LogP contribution in [0.1, 0.15) is 39.5 Å². The van der Waals surface area contributed by atoms with Gasteiger partial charge in [-0.05, 0) is 25.5 Å². The molecule has 5 nitrogen and oxygen atoms in total. The van der Waals surface area contributed by atoms with Crippen molar-refractivity contribution in [3.63, 3.8) is 0 Å². The second kappa shape index (κ2) is 6.97. The van der Waals surface area contributed by atoms with Crippen molar-refractivity contribution in [1.29, 1.82) is 0 Å². The van der Waals surface area contributed by atoms with E-state index in [1.807, 2.05) is 24.3 Å². The van der Waals surface area contributed by atoms with Gasteiger partial charge in [-0.2, -0.15) is 0 Å². The van der Waals surface area contributed by atoms with E-state index in [4.69, 9.17) is 4.74 Å². The Bertz CT molecular complexity index is 725. The summed E-state index contributed by atoms with van der Waals surface area (Å²) in [4.78, 5) is 32.2. The highest BCUT2D eigenvalue weighted by molar-refractivity contribution is 7.99. The summed E-state index contributed by atoms with van der Waals surface area (Å²) in [5, 5.41) is 0.708. The first-order chi connectivity index (χ1) is 11.5. The first kappa shape index (κ1) is 17.0. The highest BCUT2D eigenvalue weighted by Gasteiger charge is 2.47. The summed E-state index contributed by atoms with van der Waals surface area (Å²) in [7, 11) is 0. The van der Waals surface area contributed by atoms with Crippen molar-refractivity contribution in [2.45, 2.75) is 50.3 Å². The van der Waals surface area contributed by atoms with Crippen LogP contribution >= 0.6 is 11.8 Å². The van der Waals surface area contributed by atoms with Gasteiger partial charge in [0.2, 0.25) is 0 Å². The van der Waals surface area contributed by atoms with Gasteiger partial charge in [-0.3, -0.25) is 9.59 Å². The number of imidazole rings is 1. The smallest absolute Gasteiger partial charge is 0.310 e. The van der Waals surface area contributed by atoms with Crippen LogP contribution in [0.5, 0.6) is 0 Å². The Morgan fingerprint density at radius 2 is 2.25 bits per heavy atom. The largest absolute Gasteiger partial charge is 0.451 e. The summed E-state index contributed by atoms with van der Waals surface area (Å²) in [5.74, 6) is -0.187. The maximum absolute atomic E-state index is 12.6. The van der Waals surface area contributed by atoms with Crippen LogP contribution in [0.3, 0.4) is 0 Å². The molecule has 1 N–H and O–H groups in total. The zero-order valence-electron chi connectivity index (χ0n) is 14.0. The molecule has 128 valence electrons. The van der Waals surface area contributed by atoms with E-state index < -0.39 is 5.60 Å². The van der Waals surface area contributed by atoms with Crippen molar-refractivity contribution in [2.24, 2.45) is 5.92 Å². The van der Waals surface area contributed by atoms with E-state index in [0.29, 0.717) is 11.6 Å². The van der Waals surface area contributed by atoms with Gasteiger partial charge >= 0.3 is 5.97 Å². The number of unbranched alkanes of at least 4 members (excludes halogenated alkanes) is 1. The summed E-state index contributed by atoms with van der Waals surface area (Å²) in [6.07, 6.45) is 3.31. The molecule has 6 heteroatoms. The number of carbonyl (C=O) groups is 2. The SMILES string of the molecule is CCCC[C@H]1C[C@@](C)(C(=O)CSc2nc3ccccc3[nH]2)OC1=O. The van der Waals surface area contributed by atoms with Crippen molar-refractivity contribution >= 4 is 34.5 Å². The molecule has 0 bridgehead atoms. The highest BCUT2D eigenvalue weighted by Crippen LogP contribution is 2.35. The fraction of sp³-hybridized carbons (Fsp3) is 0.500. The Balaban J connectivity index is 1.61. The molecule has 1 aliphatic rings. The van der Waals surface area contributed by atoms with E-state index in [2.05, 4.69) is 16.9 Å². The second-order valence-corrected chi connectivity index (χ2v) is 7.43. The number of aromatic nitrogens is 2. The number of thioether (sulfide) groups is 1. The van der Waals surface area contributed by atoms with Gasteiger partial charge in [-0.15, -0.1) is 0 Å². The lowest BCUT2D eigenvalue weighted by atomic mass is 9.90. The monoisotopic (exact) mass is 346 g/mol. The zero-order valence-corrected chi connectivity index (χ0v) is 14.8.